The molecule has 116 valence electrons. The fourth-order valence-corrected chi connectivity index (χ4v) is 2.20. The maximum Gasteiger partial charge on any atom is 0.418 e. The van der Waals surface area contributed by atoms with Crippen LogP contribution < -0.4 is 5.32 Å². The van der Waals surface area contributed by atoms with Crippen LogP contribution in [0.3, 0.4) is 0 Å². The summed E-state index contributed by atoms with van der Waals surface area (Å²) in [4.78, 5) is 12.0. The van der Waals surface area contributed by atoms with Gasteiger partial charge in [-0.05, 0) is 23.8 Å². The van der Waals surface area contributed by atoms with Gasteiger partial charge in [-0.1, -0.05) is 41.9 Å². The van der Waals surface area contributed by atoms with Crippen LogP contribution in [-0.2, 0) is 11.0 Å². The van der Waals surface area contributed by atoms with Crippen LogP contribution in [0.4, 0.5) is 18.9 Å². The molecule has 0 aliphatic rings. The lowest BCUT2D eigenvalue weighted by Crippen LogP contribution is -2.20. The van der Waals surface area contributed by atoms with Crippen molar-refractivity contribution in [3.05, 3.63) is 64.7 Å². The number of alkyl halides is 4. The van der Waals surface area contributed by atoms with E-state index in [0.717, 1.165) is 12.1 Å². The van der Waals surface area contributed by atoms with Crippen LogP contribution in [0.25, 0.3) is 0 Å². The summed E-state index contributed by atoms with van der Waals surface area (Å²) in [5, 5.41) is 1.02. The van der Waals surface area contributed by atoms with Gasteiger partial charge in [0.05, 0.1) is 11.3 Å². The van der Waals surface area contributed by atoms with Gasteiger partial charge in [-0.25, -0.2) is 0 Å². The molecule has 0 heterocycles. The number of carbonyl (C=O) groups is 1. The van der Waals surface area contributed by atoms with Crippen LogP contribution >= 0.6 is 23.2 Å². The average Bonchev–Trinajstić information content (AvgIpc) is 2.48. The van der Waals surface area contributed by atoms with Crippen LogP contribution in [-0.4, -0.2) is 5.91 Å². The van der Waals surface area contributed by atoms with Crippen molar-refractivity contribution in [3.63, 3.8) is 0 Å². The highest BCUT2D eigenvalue weighted by Gasteiger charge is 2.34. The van der Waals surface area contributed by atoms with Gasteiger partial charge in [-0.2, -0.15) is 13.2 Å². The first-order chi connectivity index (χ1) is 10.3. The molecular weight excluding hydrogens is 338 g/mol. The number of amides is 1. The summed E-state index contributed by atoms with van der Waals surface area (Å²) in [6.07, 6.45) is -4.64. The van der Waals surface area contributed by atoms with E-state index >= 15 is 0 Å². The Balaban J connectivity index is 2.26. The number of benzene rings is 2. The van der Waals surface area contributed by atoms with E-state index in [1.54, 1.807) is 30.3 Å². The number of hydrogen-bond acceptors (Lipinski definition) is 1. The SMILES string of the molecule is O=C(Nc1ccc(Cl)cc1C(F)(F)F)[C@@H](Cl)c1ccccc1. The van der Waals surface area contributed by atoms with E-state index in [-0.39, 0.29) is 10.7 Å². The summed E-state index contributed by atoms with van der Waals surface area (Å²) in [5.41, 5.74) is -0.919. The van der Waals surface area contributed by atoms with Gasteiger partial charge in [-0.3, -0.25) is 4.79 Å². The minimum Gasteiger partial charge on any atom is -0.324 e. The molecule has 0 radical (unpaired) electrons. The molecule has 0 saturated carbocycles. The Morgan fingerprint density at radius 3 is 2.32 bits per heavy atom. The van der Waals surface area contributed by atoms with E-state index in [9.17, 15) is 18.0 Å². The van der Waals surface area contributed by atoms with Gasteiger partial charge in [0, 0.05) is 5.02 Å². The van der Waals surface area contributed by atoms with Crippen molar-refractivity contribution >= 4 is 34.8 Å². The van der Waals surface area contributed by atoms with Crippen molar-refractivity contribution in [1.29, 1.82) is 0 Å². The van der Waals surface area contributed by atoms with Crippen molar-refractivity contribution in [2.75, 3.05) is 5.32 Å². The summed E-state index contributed by atoms with van der Waals surface area (Å²) < 4.78 is 38.9. The number of hydrogen-bond donors (Lipinski definition) is 1. The van der Waals surface area contributed by atoms with Crippen LogP contribution in [0, 0.1) is 0 Å². The second-order valence-corrected chi connectivity index (χ2v) is 5.32. The quantitative estimate of drug-likeness (QED) is 0.752. The molecule has 2 aromatic carbocycles. The second-order valence-electron chi connectivity index (χ2n) is 4.45. The molecular formula is C15H10Cl2F3NO. The Labute approximate surface area is 134 Å². The van der Waals surface area contributed by atoms with E-state index in [1.165, 1.54) is 6.07 Å². The smallest absolute Gasteiger partial charge is 0.324 e. The fraction of sp³-hybridized carbons (Fsp3) is 0.133. The molecule has 0 aliphatic heterocycles. The molecule has 0 aliphatic carbocycles. The van der Waals surface area contributed by atoms with E-state index in [0.29, 0.717) is 5.56 Å². The number of carbonyl (C=O) groups excluding carboxylic acids is 1. The molecule has 2 nitrogen and oxygen atoms in total. The van der Waals surface area contributed by atoms with Crippen molar-refractivity contribution in [2.24, 2.45) is 0 Å². The van der Waals surface area contributed by atoms with Crippen molar-refractivity contribution in [2.45, 2.75) is 11.6 Å². The standard InChI is InChI=1S/C15H10Cl2F3NO/c16-10-6-7-12(11(8-10)15(18,19)20)21-14(22)13(17)9-4-2-1-3-5-9/h1-8,13H,(H,21,22)/t13-/m0/s1. The normalized spacial score (nSPS) is 12.8. The van der Waals surface area contributed by atoms with Crippen molar-refractivity contribution in [1.82, 2.24) is 0 Å². The van der Waals surface area contributed by atoms with Gasteiger partial charge in [0.15, 0.2) is 0 Å². The van der Waals surface area contributed by atoms with Crippen LogP contribution in [0.2, 0.25) is 5.02 Å². The minimum atomic E-state index is -4.64. The number of halogens is 5. The Kier molecular flexibility index (Phi) is 4.98. The summed E-state index contributed by atoms with van der Waals surface area (Å²) in [5.74, 6) is -0.749. The first-order valence-electron chi connectivity index (χ1n) is 6.15. The highest BCUT2D eigenvalue weighted by molar-refractivity contribution is 6.32. The third kappa shape index (κ3) is 3.93. The maximum absolute atomic E-state index is 13.0. The van der Waals surface area contributed by atoms with E-state index in [2.05, 4.69) is 5.32 Å². The molecule has 2 aromatic rings. The van der Waals surface area contributed by atoms with Gasteiger partial charge in [0.1, 0.15) is 5.38 Å². The summed E-state index contributed by atoms with van der Waals surface area (Å²) in [6.45, 7) is 0. The largest absolute Gasteiger partial charge is 0.418 e. The lowest BCUT2D eigenvalue weighted by molar-refractivity contribution is -0.137. The number of nitrogens with one attached hydrogen (secondary N) is 1. The molecule has 1 N–H and O–H groups in total. The van der Waals surface area contributed by atoms with Gasteiger partial charge in [-0.15, -0.1) is 11.6 Å². The Bertz CT molecular complexity index is 674. The van der Waals surface area contributed by atoms with Gasteiger partial charge in [0.2, 0.25) is 5.91 Å². The lowest BCUT2D eigenvalue weighted by atomic mass is 10.1. The molecule has 0 unspecified atom stereocenters. The highest BCUT2D eigenvalue weighted by Crippen LogP contribution is 2.37. The van der Waals surface area contributed by atoms with E-state index in [1.807, 2.05) is 0 Å². The summed E-state index contributed by atoms with van der Waals surface area (Å²) >= 11 is 11.6. The average molecular weight is 348 g/mol. The Hall–Kier alpha value is -1.72. The topological polar surface area (TPSA) is 29.1 Å². The lowest BCUT2D eigenvalue weighted by Gasteiger charge is -2.16. The first kappa shape index (κ1) is 16.6. The fourth-order valence-electron chi connectivity index (χ4n) is 1.83. The van der Waals surface area contributed by atoms with E-state index < -0.39 is 23.0 Å². The minimum absolute atomic E-state index is 0.0733. The first-order valence-corrected chi connectivity index (χ1v) is 6.97. The van der Waals surface area contributed by atoms with Crippen LogP contribution in [0.5, 0.6) is 0 Å². The third-order valence-electron chi connectivity index (χ3n) is 2.87. The zero-order valence-electron chi connectivity index (χ0n) is 11.0. The highest BCUT2D eigenvalue weighted by atomic mass is 35.5. The summed E-state index contributed by atoms with van der Waals surface area (Å²) in [7, 11) is 0. The molecule has 22 heavy (non-hydrogen) atoms. The predicted molar refractivity (Wildman–Crippen MR) is 80.1 cm³/mol. The van der Waals surface area contributed by atoms with Gasteiger partial charge < -0.3 is 5.32 Å². The van der Waals surface area contributed by atoms with E-state index in [4.69, 9.17) is 23.2 Å². The molecule has 0 aromatic heterocycles. The molecule has 0 spiro atoms. The zero-order chi connectivity index (χ0) is 16.3. The maximum atomic E-state index is 13.0. The molecule has 0 saturated heterocycles. The predicted octanol–water partition coefficient (Wildman–Crippen LogP) is 5.28. The molecule has 0 fully saturated rings. The van der Waals surface area contributed by atoms with Gasteiger partial charge in [0.25, 0.3) is 0 Å². The number of rotatable bonds is 3. The molecule has 1 atom stereocenters. The van der Waals surface area contributed by atoms with Crippen molar-refractivity contribution in [3.8, 4) is 0 Å². The zero-order valence-corrected chi connectivity index (χ0v) is 12.5. The molecule has 1 amide bonds. The summed E-state index contributed by atoms with van der Waals surface area (Å²) in [6, 6.07) is 11.4. The Morgan fingerprint density at radius 1 is 1.09 bits per heavy atom. The second kappa shape index (κ2) is 6.58. The molecule has 0 bridgehead atoms. The van der Waals surface area contributed by atoms with Gasteiger partial charge >= 0.3 is 6.18 Å². The monoisotopic (exact) mass is 347 g/mol. The third-order valence-corrected chi connectivity index (χ3v) is 3.55. The van der Waals surface area contributed by atoms with Crippen LogP contribution in [0.15, 0.2) is 48.5 Å². The van der Waals surface area contributed by atoms with Crippen LogP contribution in [0.1, 0.15) is 16.5 Å². The molecule has 2 rings (SSSR count). The Morgan fingerprint density at radius 2 is 1.73 bits per heavy atom. The van der Waals surface area contributed by atoms with Crippen molar-refractivity contribution < 1.29 is 18.0 Å². The molecule has 7 heteroatoms. The number of anilines is 1.